The van der Waals surface area contributed by atoms with E-state index in [0.717, 1.165) is 4.90 Å². The summed E-state index contributed by atoms with van der Waals surface area (Å²) < 4.78 is 40.7. The van der Waals surface area contributed by atoms with Crippen molar-refractivity contribution in [2.45, 2.75) is 74.9 Å². The Morgan fingerprint density at radius 2 is 1.80 bits per heavy atom. The van der Waals surface area contributed by atoms with Gasteiger partial charge in [-0.05, 0) is 13.0 Å². The standard InChI is InChI=1S/C35H40N2O14/c1-15-31-18(37-9-10-47-33(46-5)32(37)51-31)11-22(49-15)50-20-13-35(44,21(38)14-48-34(43)36(2)3)12-17-24(20)30(42)26-25(28(17)40)27(39)16-7-6-8-19(45-4)23(16)29(26)41/h6-8,15,18,20,22,31-33,40,42,44H,9-14H2,1-5H3/t15-,18-,20-,22-,31+,32+,33-,35-/m0/s1. The molecule has 2 aromatic carbocycles. The summed E-state index contributed by atoms with van der Waals surface area (Å²) in [5, 5.41) is 35.6. The fourth-order valence-corrected chi connectivity index (χ4v) is 7.93. The molecular formula is C35H40N2O14. The summed E-state index contributed by atoms with van der Waals surface area (Å²) in [4.78, 5) is 56.8. The number of methoxy groups -OCH3 is 2. The van der Waals surface area contributed by atoms with Crippen molar-refractivity contribution in [2.24, 2.45) is 0 Å². The van der Waals surface area contributed by atoms with Crippen molar-refractivity contribution in [1.82, 2.24) is 9.80 Å². The maximum Gasteiger partial charge on any atom is 0.409 e. The van der Waals surface area contributed by atoms with E-state index in [1.54, 1.807) is 0 Å². The third kappa shape index (κ3) is 5.65. The van der Waals surface area contributed by atoms with Crippen molar-refractivity contribution in [3.8, 4) is 17.2 Å². The number of benzene rings is 2. The van der Waals surface area contributed by atoms with Gasteiger partial charge < -0.3 is 53.4 Å². The third-order valence-electron chi connectivity index (χ3n) is 10.4. The van der Waals surface area contributed by atoms with E-state index in [-0.39, 0.29) is 46.6 Å². The second-order valence-electron chi connectivity index (χ2n) is 13.6. The molecule has 0 saturated carbocycles. The number of fused-ring (bicyclic) bond motifs is 6. The molecule has 16 heteroatoms. The maximum absolute atomic E-state index is 14.0. The summed E-state index contributed by atoms with van der Waals surface area (Å²) in [6.45, 7) is 1.97. The van der Waals surface area contributed by atoms with E-state index in [1.165, 1.54) is 46.5 Å². The number of phenolic OH excluding ortho intramolecular Hbond substituents is 2. The number of aliphatic hydroxyl groups is 1. The number of ether oxygens (including phenoxy) is 7. The number of morpholine rings is 1. The Hall–Kier alpha value is -4.16. The van der Waals surface area contributed by atoms with Gasteiger partial charge in [-0.1, -0.05) is 12.1 Å². The minimum absolute atomic E-state index is 0.0536. The molecule has 274 valence electrons. The number of hydrogen-bond donors (Lipinski definition) is 3. The zero-order valence-corrected chi connectivity index (χ0v) is 28.7. The number of Topliss-reactive ketones (excluding diaryl/α,β-unsaturated/α-hetero) is 1. The average molecular weight is 713 g/mol. The van der Waals surface area contributed by atoms with Crippen molar-refractivity contribution >= 4 is 23.4 Å². The van der Waals surface area contributed by atoms with Crippen LogP contribution in [0, 0.1) is 0 Å². The number of carbonyl (C=O) groups excluding carboxylic acids is 4. The summed E-state index contributed by atoms with van der Waals surface area (Å²) >= 11 is 0. The lowest BCUT2D eigenvalue weighted by molar-refractivity contribution is -0.256. The van der Waals surface area contributed by atoms with Crippen LogP contribution < -0.4 is 4.74 Å². The van der Waals surface area contributed by atoms with Crippen molar-refractivity contribution in [3.63, 3.8) is 0 Å². The molecule has 16 nitrogen and oxygen atoms in total. The molecule has 3 fully saturated rings. The first-order chi connectivity index (χ1) is 24.3. The molecule has 5 aliphatic rings. The highest BCUT2D eigenvalue weighted by Gasteiger charge is 2.55. The van der Waals surface area contributed by atoms with Gasteiger partial charge in [0, 0.05) is 69.7 Å². The van der Waals surface area contributed by atoms with Crippen molar-refractivity contribution in [3.05, 3.63) is 51.6 Å². The first-order valence-electron chi connectivity index (χ1n) is 16.6. The van der Waals surface area contributed by atoms with Crippen LogP contribution in [0.2, 0.25) is 0 Å². The fourth-order valence-electron chi connectivity index (χ4n) is 7.93. The number of nitrogens with zero attached hydrogens (tertiary/aromatic N) is 2. The molecule has 3 saturated heterocycles. The van der Waals surface area contributed by atoms with Crippen LogP contribution in [-0.4, -0.2) is 139 Å². The number of carbonyl (C=O) groups is 4. The highest BCUT2D eigenvalue weighted by Crippen LogP contribution is 2.53. The van der Waals surface area contributed by atoms with E-state index in [9.17, 15) is 34.5 Å². The van der Waals surface area contributed by atoms with Gasteiger partial charge in [-0.3, -0.25) is 19.3 Å². The summed E-state index contributed by atoms with van der Waals surface area (Å²) in [7, 11) is 5.73. The van der Waals surface area contributed by atoms with Gasteiger partial charge in [0.05, 0.1) is 42.6 Å². The molecule has 51 heavy (non-hydrogen) atoms. The van der Waals surface area contributed by atoms with Gasteiger partial charge in [0.15, 0.2) is 31.2 Å². The molecule has 8 atom stereocenters. The van der Waals surface area contributed by atoms with Crippen LogP contribution in [-0.2, 0) is 39.6 Å². The number of amides is 1. The average Bonchev–Trinajstić information content (AvgIpc) is 3.49. The lowest BCUT2D eigenvalue weighted by atomic mass is 9.72. The van der Waals surface area contributed by atoms with Gasteiger partial charge >= 0.3 is 6.09 Å². The molecule has 0 radical (unpaired) electrons. The molecule has 1 amide bonds. The van der Waals surface area contributed by atoms with Gasteiger partial charge in [0.1, 0.15) is 29.0 Å². The van der Waals surface area contributed by atoms with E-state index in [1.807, 2.05) is 6.92 Å². The van der Waals surface area contributed by atoms with E-state index < -0.39 is 102 Å². The first-order valence-corrected chi connectivity index (χ1v) is 16.6. The minimum Gasteiger partial charge on any atom is -0.507 e. The Morgan fingerprint density at radius 1 is 1.06 bits per heavy atom. The van der Waals surface area contributed by atoms with Crippen molar-refractivity contribution < 1.29 is 67.7 Å². The summed E-state index contributed by atoms with van der Waals surface area (Å²) in [6, 6.07) is 4.21. The van der Waals surface area contributed by atoms with E-state index in [4.69, 9.17) is 33.2 Å². The van der Waals surface area contributed by atoms with Gasteiger partial charge in [0.25, 0.3) is 0 Å². The lowest BCUT2D eigenvalue weighted by Crippen LogP contribution is -2.55. The van der Waals surface area contributed by atoms with Gasteiger partial charge in [0.2, 0.25) is 11.6 Å². The Bertz CT molecular complexity index is 1800. The normalized spacial score (nSPS) is 31.1. The quantitative estimate of drug-likeness (QED) is 0.297. The lowest BCUT2D eigenvalue weighted by Gasteiger charge is -2.43. The van der Waals surface area contributed by atoms with Gasteiger partial charge in [-0.2, -0.15) is 0 Å². The van der Waals surface area contributed by atoms with Crippen LogP contribution in [0.4, 0.5) is 4.79 Å². The SMILES string of the molecule is COc1cccc2c1C(=O)c1c(O)c3c(c(O)c1C2=O)C[C@@](O)(C(=O)COC(=O)N(C)C)C[C@@H]3O[C@H]1C[C@H]2[C@H](O[C@@H]3[C@@H](OC)OCCN32)[C@H](C)O1. The van der Waals surface area contributed by atoms with Crippen molar-refractivity contribution in [1.29, 1.82) is 0 Å². The molecule has 3 N–H and O–H groups in total. The van der Waals surface area contributed by atoms with E-state index >= 15 is 0 Å². The fraction of sp³-hybridized carbons (Fsp3) is 0.543. The maximum atomic E-state index is 14.0. The van der Waals surface area contributed by atoms with E-state index in [0.29, 0.717) is 13.2 Å². The second-order valence-corrected chi connectivity index (χ2v) is 13.6. The van der Waals surface area contributed by atoms with Crippen LogP contribution in [0.15, 0.2) is 18.2 Å². The Labute approximate surface area is 292 Å². The molecule has 0 unspecified atom stereocenters. The van der Waals surface area contributed by atoms with Crippen molar-refractivity contribution in [2.75, 3.05) is 48.1 Å². The Balaban J connectivity index is 1.28. The van der Waals surface area contributed by atoms with Crippen LogP contribution in [0.3, 0.4) is 0 Å². The number of phenols is 2. The second kappa shape index (κ2) is 13.1. The molecule has 3 heterocycles. The van der Waals surface area contributed by atoms with Crippen LogP contribution in [0.5, 0.6) is 17.2 Å². The summed E-state index contributed by atoms with van der Waals surface area (Å²) in [6.07, 6.45) is -5.91. The largest absolute Gasteiger partial charge is 0.507 e. The predicted molar refractivity (Wildman–Crippen MR) is 172 cm³/mol. The zero-order valence-electron chi connectivity index (χ0n) is 28.7. The molecule has 3 aliphatic heterocycles. The van der Waals surface area contributed by atoms with Crippen LogP contribution >= 0.6 is 0 Å². The van der Waals surface area contributed by atoms with Gasteiger partial charge in [-0.15, -0.1) is 0 Å². The van der Waals surface area contributed by atoms with Crippen LogP contribution in [0.25, 0.3) is 0 Å². The van der Waals surface area contributed by atoms with E-state index in [2.05, 4.69) is 4.90 Å². The monoisotopic (exact) mass is 712 g/mol. The summed E-state index contributed by atoms with van der Waals surface area (Å²) in [5.41, 5.74) is -3.63. The zero-order chi connectivity index (χ0) is 36.5. The number of ketones is 3. The number of rotatable bonds is 7. The minimum atomic E-state index is -2.30. The number of hydrogen-bond acceptors (Lipinski definition) is 15. The number of aromatic hydroxyl groups is 2. The topological polar surface area (TPSA) is 200 Å². The predicted octanol–water partition coefficient (Wildman–Crippen LogP) is 1.42. The third-order valence-corrected chi connectivity index (χ3v) is 10.4. The molecule has 7 rings (SSSR count). The molecular weight excluding hydrogens is 672 g/mol. The molecule has 2 aromatic rings. The highest BCUT2D eigenvalue weighted by atomic mass is 16.7. The Kier molecular flexibility index (Phi) is 9.06. The highest BCUT2D eigenvalue weighted by molar-refractivity contribution is 6.31. The molecule has 0 spiro atoms. The first kappa shape index (κ1) is 35.3. The molecule has 0 aromatic heterocycles. The summed E-state index contributed by atoms with van der Waals surface area (Å²) in [5.74, 6) is -3.68. The molecule has 0 bridgehead atoms. The van der Waals surface area contributed by atoms with Gasteiger partial charge in [-0.25, -0.2) is 4.79 Å². The smallest absolute Gasteiger partial charge is 0.409 e. The van der Waals surface area contributed by atoms with Crippen LogP contribution in [0.1, 0.15) is 68.8 Å². The molecule has 2 aliphatic carbocycles. The Morgan fingerprint density at radius 3 is 2.51 bits per heavy atom.